The van der Waals surface area contributed by atoms with E-state index in [2.05, 4.69) is 68.4 Å². The second kappa shape index (κ2) is 9.10. The Balaban J connectivity index is 1.55. The molecule has 2 aromatic carbocycles. The summed E-state index contributed by atoms with van der Waals surface area (Å²) in [7, 11) is 0. The third-order valence-electron chi connectivity index (χ3n) is 5.37. The van der Waals surface area contributed by atoms with Gasteiger partial charge < -0.3 is 14.6 Å². The number of aromatic nitrogens is 1. The molecule has 1 fully saturated rings. The fourth-order valence-corrected chi connectivity index (χ4v) is 5.25. The largest absolute Gasteiger partial charge is 0.452 e. The zero-order chi connectivity index (χ0) is 22.1. The van der Waals surface area contributed by atoms with Crippen molar-refractivity contribution < 1.29 is 4.42 Å². The molecule has 3 heterocycles. The van der Waals surface area contributed by atoms with Gasteiger partial charge in [-0.1, -0.05) is 52.0 Å². The van der Waals surface area contributed by atoms with Crippen molar-refractivity contribution in [2.45, 2.75) is 29.0 Å². The van der Waals surface area contributed by atoms with E-state index < -0.39 is 0 Å². The van der Waals surface area contributed by atoms with Crippen LogP contribution in [0.1, 0.15) is 29.1 Å². The van der Waals surface area contributed by atoms with E-state index in [9.17, 15) is 0 Å². The fourth-order valence-electron chi connectivity index (χ4n) is 3.85. The van der Waals surface area contributed by atoms with Gasteiger partial charge in [-0.3, -0.25) is 4.98 Å². The van der Waals surface area contributed by atoms with Crippen LogP contribution in [-0.2, 0) is 0 Å². The first-order valence-electron chi connectivity index (χ1n) is 10.2. The Kier molecular flexibility index (Phi) is 6.04. The molecule has 0 spiro atoms. The van der Waals surface area contributed by atoms with Crippen molar-refractivity contribution in [2.24, 2.45) is 0 Å². The topological polar surface area (TPSA) is 41.3 Å². The first kappa shape index (κ1) is 21.2. The number of hydrogen-bond donors (Lipinski definition) is 1. The minimum atomic E-state index is -0.164. The summed E-state index contributed by atoms with van der Waals surface area (Å²) in [5.74, 6) is 0.840. The number of furan rings is 1. The minimum Gasteiger partial charge on any atom is -0.452 e. The van der Waals surface area contributed by atoms with Gasteiger partial charge in [0.1, 0.15) is 11.8 Å². The van der Waals surface area contributed by atoms with Crippen LogP contribution in [0, 0.1) is 6.92 Å². The molecule has 4 aromatic rings. The van der Waals surface area contributed by atoms with Gasteiger partial charge in [-0.2, -0.15) is 0 Å². The van der Waals surface area contributed by atoms with Crippen molar-refractivity contribution in [2.75, 3.05) is 4.90 Å². The Morgan fingerprint density at radius 2 is 1.84 bits per heavy atom. The van der Waals surface area contributed by atoms with E-state index in [1.165, 1.54) is 0 Å². The van der Waals surface area contributed by atoms with E-state index in [4.69, 9.17) is 16.6 Å². The van der Waals surface area contributed by atoms with E-state index in [1.54, 1.807) is 11.8 Å². The summed E-state index contributed by atoms with van der Waals surface area (Å²) in [5, 5.41) is 4.97. The second-order valence-electron chi connectivity index (χ2n) is 7.50. The van der Waals surface area contributed by atoms with Crippen molar-refractivity contribution in [1.29, 1.82) is 0 Å². The van der Waals surface area contributed by atoms with E-state index in [1.807, 2.05) is 54.7 Å². The van der Waals surface area contributed by atoms with Gasteiger partial charge in [-0.15, -0.1) is 0 Å². The molecule has 7 heteroatoms. The molecule has 0 amide bonds. The molecule has 160 valence electrons. The smallest absolute Gasteiger partial charge is 0.174 e. The molecule has 32 heavy (non-hydrogen) atoms. The number of thiocarbonyl (C=S) groups is 1. The highest BCUT2D eigenvalue weighted by atomic mass is 79.9. The quantitative estimate of drug-likeness (QED) is 0.283. The molecule has 2 atom stereocenters. The maximum absolute atomic E-state index is 6.36. The Morgan fingerprint density at radius 1 is 1.03 bits per heavy atom. The second-order valence-corrected chi connectivity index (χ2v) is 9.82. The maximum atomic E-state index is 6.36. The van der Waals surface area contributed by atoms with Crippen LogP contribution < -0.4 is 10.2 Å². The zero-order valence-electron chi connectivity index (χ0n) is 17.2. The predicted octanol–water partition coefficient (Wildman–Crippen LogP) is 7.07. The molecule has 4 nitrogen and oxygen atoms in total. The van der Waals surface area contributed by atoms with Gasteiger partial charge in [0.2, 0.25) is 0 Å². The number of pyridine rings is 1. The Morgan fingerprint density at radius 3 is 2.59 bits per heavy atom. The molecule has 0 radical (unpaired) electrons. The predicted molar refractivity (Wildman–Crippen MR) is 136 cm³/mol. The lowest BCUT2D eigenvalue weighted by atomic mass is 10.0. The normalized spacial score (nSPS) is 18.1. The highest BCUT2D eigenvalue weighted by Crippen LogP contribution is 2.43. The number of halogens is 1. The third kappa shape index (κ3) is 4.20. The SMILES string of the molecule is Cc1cc(N2C(=S)N[C@@H](c3ccccn3)[C@H]2c2ccc(Sc3ccccc3)o2)ccc1Br. The van der Waals surface area contributed by atoms with Crippen molar-refractivity contribution >= 4 is 50.7 Å². The lowest BCUT2D eigenvalue weighted by Gasteiger charge is -2.26. The Hall–Kier alpha value is -2.61. The average molecular weight is 522 g/mol. The number of benzene rings is 2. The van der Waals surface area contributed by atoms with Gasteiger partial charge in [-0.25, -0.2) is 0 Å². The van der Waals surface area contributed by atoms with Crippen molar-refractivity contribution in [3.8, 4) is 0 Å². The van der Waals surface area contributed by atoms with Gasteiger partial charge in [0.05, 0.1) is 11.7 Å². The van der Waals surface area contributed by atoms with Crippen LogP contribution in [0.15, 0.2) is 104 Å². The van der Waals surface area contributed by atoms with Crippen molar-refractivity contribution in [1.82, 2.24) is 10.3 Å². The van der Waals surface area contributed by atoms with Crippen LogP contribution in [0.25, 0.3) is 0 Å². The Bertz CT molecular complexity index is 1250. The van der Waals surface area contributed by atoms with Crippen LogP contribution in [0.3, 0.4) is 0 Å². The lowest BCUT2D eigenvalue weighted by molar-refractivity contribution is 0.383. The van der Waals surface area contributed by atoms with Crippen LogP contribution in [0.2, 0.25) is 0 Å². The summed E-state index contributed by atoms with van der Waals surface area (Å²) < 4.78 is 7.43. The standard InChI is InChI=1S/C25H20BrN3OS2/c1-16-15-17(10-11-19(16)26)29-24(23(28-25(29)31)20-9-5-6-14-27-20)21-12-13-22(30-21)32-18-7-3-2-4-8-18/h2-15,23-24H,1H3,(H,28,31)/t23-,24+/m0/s1. The summed E-state index contributed by atoms with van der Waals surface area (Å²) in [6.07, 6.45) is 1.81. The summed E-state index contributed by atoms with van der Waals surface area (Å²) in [6, 6.07) is 26.2. The summed E-state index contributed by atoms with van der Waals surface area (Å²) in [5.41, 5.74) is 3.08. The van der Waals surface area contributed by atoms with E-state index >= 15 is 0 Å². The minimum absolute atomic E-state index is 0.131. The highest BCUT2D eigenvalue weighted by Gasteiger charge is 2.42. The van der Waals surface area contributed by atoms with Crippen molar-refractivity contribution in [3.05, 3.63) is 107 Å². The molecular formula is C25H20BrN3OS2. The molecule has 0 aliphatic carbocycles. The molecule has 1 aliphatic heterocycles. The van der Waals surface area contributed by atoms with Gasteiger partial charge in [0.25, 0.3) is 0 Å². The summed E-state index contributed by atoms with van der Waals surface area (Å²) in [4.78, 5) is 7.87. The van der Waals surface area contributed by atoms with Gasteiger partial charge in [0, 0.05) is 21.3 Å². The van der Waals surface area contributed by atoms with Gasteiger partial charge in [-0.05, 0) is 79.3 Å². The fraction of sp³-hybridized carbons (Fsp3) is 0.120. The Labute approximate surface area is 205 Å². The number of anilines is 1. The highest BCUT2D eigenvalue weighted by molar-refractivity contribution is 9.10. The molecule has 1 N–H and O–H groups in total. The molecule has 1 saturated heterocycles. The van der Waals surface area contributed by atoms with E-state index in [0.29, 0.717) is 5.11 Å². The van der Waals surface area contributed by atoms with Crippen LogP contribution >= 0.6 is 39.9 Å². The van der Waals surface area contributed by atoms with E-state index in [-0.39, 0.29) is 12.1 Å². The molecule has 0 unspecified atom stereocenters. The monoisotopic (exact) mass is 521 g/mol. The summed E-state index contributed by atoms with van der Waals surface area (Å²) in [6.45, 7) is 2.08. The van der Waals surface area contributed by atoms with Crippen LogP contribution in [0.5, 0.6) is 0 Å². The van der Waals surface area contributed by atoms with Gasteiger partial charge in [0.15, 0.2) is 10.2 Å². The molecule has 2 aromatic heterocycles. The first-order chi connectivity index (χ1) is 15.6. The average Bonchev–Trinajstić information content (AvgIpc) is 3.41. The number of rotatable bonds is 5. The lowest BCUT2D eigenvalue weighted by Crippen LogP contribution is -2.29. The van der Waals surface area contributed by atoms with Crippen LogP contribution in [0.4, 0.5) is 5.69 Å². The third-order valence-corrected chi connectivity index (χ3v) is 7.51. The van der Waals surface area contributed by atoms with Crippen LogP contribution in [-0.4, -0.2) is 10.1 Å². The van der Waals surface area contributed by atoms with Crippen molar-refractivity contribution in [3.63, 3.8) is 0 Å². The van der Waals surface area contributed by atoms with E-state index in [0.717, 1.165) is 37.2 Å². The molecule has 0 saturated carbocycles. The molecular weight excluding hydrogens is 502 g/mol. The number of aryl methyl sites for hydroxylation is 1. The summed E-state index contributed by atoms with van der Waals surface area (Å²) >= 11 is 11.0. The number of hydrogen-bond acceptors (Lipinski definition) is 4. The number of nitrogens with one attached hydrogen (secondary N) is 1. The van der Waals surface area contributed by atoms with Gasteiger partial charge >= 0.3 is 0 Å². The molecule has 0 bridgehead atoms. The number of nitrogens with zero attached hydrogens (tertiary/aromatic N) is 2. The molecule has 1 aliphatic rings. The zero-order valence-corrected chi connectivity index (χ0v) is 20.5. The maximum Gasteiger partial charge on any atom is 0.174 e. The first-order valence-corrected chi connectivity index (χ1v) is 12.2. The molecule has 5 rings (SSSR count).